The summed E-state index contributed by atoms with van der Waals surface area (Å²) in [5, 5.41) is 3.35. The summed E-state index contributed by atoms with van der Waals surface area (Å²) in [5.74, 6) is 0.809. The van der Waals surface area contributed by atoms with Crippen LogP contribution in [-0.4, -0.2) is 11.9 Å². The lowest BCUT2D eigenvalue weighted by atomic mass is 9.68. The highest BCUT2D eigenvalue weighted by Gasteiger charge is 2.59. The molecule has 0 saturated heterocycles. The van der Waals surface area contributed by atoms with Gasteiger partial charge in [-0.2, -0.15) is 0 Å². The molecule has 3 atom stereocenters. The van der Waals surface area contributed by atoms with E-state index in [1.165, 1.54) is 19.3 Å². The van der Waals surface area contributed by atoms with Crippen LogP contribution in [0, 0.1) is 23.7 Å². The van der Waals surface area contributed by atoms with E-state index in [1.54, 1.807) is 0 Å². The minimum absolute atomic E-state index is 0.0613. The third-order valence-electron chi connectivity index (χ3n) is 5.85. The van der Waals surface area contributed by atoms with Crippen molar-refractivity contribution >= 4 is 21.8 Å². The largest absolute Gasteiger partial charge is 0.348 e. The molecule has 3 rings (SSSR count). The number of amides is 1. The Labute approximate surface area is 135 Å². The lowest BCUT2D eigenvalue weighted by Gasteiger charge is -2.43. The highest BCUT2D eigenvalue weighted by molar-refractivity contribution is 9.10. The predicted octanol–water partition coefficient (Wildman–Crippen LogP) is 4.70. The number of halogens is 1. The van der Waals surface area contributed by atoms with E-state index >= 15 is 0 Å². The maximum Gasteiger partial charge on any atom is 0.251 e. The van der Waals surface area contributed by atoms with Crippen molar-refractivity contribution in [2.45, 2.75) is 53.0 Å². The van der Waals surface area contributed by atoms with Crippen molar-refractivity contribution in [2.75, 3.05) is 0 Å². The number of carbonyl (C=O) groups excluding carboxylic acids is 1. The van der Waals surface area contributed by atoms with Gasteiger partial charge < -0.3 is 5.32 Å². The summed E-state index contributed by atoms with van der Waals surface area (Å²) >= 11 is 3.48. The van der Waals surface area contributed by atoms with E-state index in [0.29, 0.717) is 0 Å². The minimum atomic E-state index is 0.0613. The molecule has 2 aliphatic carbocycles. The van der Waals surface area contributed by atoms with Gasteiger partial charge in [0, 0.05) is 16.1 Å². The van der Waals surface area contributed by atoms with Gasteiger partial charge in [-0.25, -0.2) is 0 Å². The Balaban J connectivity index is 1.84. The first-order valence-electron chi connectivity index (χ1n) is 7.80. The number of fused-ring (bicyclic) bond motifs is 2. The van der Waals surface area contributed by atoms with Crippen molar-refractivity contribution in [3.05, 3.63) is 33.8 Å². The van der Waals surface area contributed by atoms with Crippen molar-refractivity contribution in [2.24, 2.45) is 16.7 Å². The molecule has 114 valence electrons. The van der Waals surface area contributed by atoms with Crippen LogP contribution in [0.1, 0.15) is 56.0 Å². The summed E-state index contributed by atoms with van der Waals surface area (Å²) in [5.41, 5.74) is 2.33. The normalized spacial score (nSPS) is 33.2. The molecular formula is C18H24BrNO. The van der Waals surface area contributed by atoms with E-state index in [2.05, 4.69) is 42.0 Å². The van der Waals surface area contributed by atoms with Gasteiger partial charge in [-0.05, 0) is 66.7 Å². The Kier molecular flexibility index (Phi) is 3.47. The van der Waals surface area contributed by atoms with Gasteiger partial charge >= 0.3 is 0 Å². The molecule has 2 nitrogen and oxygen atoms in total. The van der Waals surface area contributed by atoms with Gasteiger partial charge in [-0.3, -0.25) is 4.79 Å². The zero-order valence-corrected chi connectivity index (χ0v) is 14.9. The molecule has 0 spiro atoms. The van der Waals surface area contributed by atoms with E-state index in [9.17, 15) is 4.79 Å². The summed E-state index contributed by atoms with van der Waals surface area (Å²) in [7, 11) is 0. The monoisotopic (exact) mass is 349 g/mol. The fraction of sp³-hybridized carbons (Fsp3) is 0.611. The van der Waals surface area contributed by atoms with Crippen molar-refractivity contribution in [1.82, 2.24) is 5.32 Å². The molecule has 2 bridgehead atoms. The van der Waals surface area contributed by atoms with Gasteiger partial charge in [0.2, 0.25) is 0 Å². The molecule has 0 heterocycles. The Morgan fingerprint density at radius 1 is 1.29 bits per heavy atom. The minimum Gasteiger partial charge on any atom is -0.348 e. The summed E-state index contributed by atoms with van der Waals surface area (Å²) in [6.07, 6.45) is 3.80. The van der Waals surface area contributed by atoms with Gasteiger partial charge in [-0.15, -0.1) is 0 Å². The second-order valence-electron chi connectivity index (χ2n) is 7.84. The molecule has 2 fully saturated rings. The highest BCUT2D eigenvalue weighted by Crippen LogP contribution is 2.62. The Hall–Kier alpha value is -0.830. The van der Waals surface area contributed by atoms with Crippen LogP contribution in [0.2, 0.25) is 0 Å². The maximum absolute atomic E-state index is 12.7. The van der Waals surface area contributed by atoms with E-state index in [0.717, 1.165) is 21.5 Å². The molecular weight excluding hydrogens is 326 g/mol. The lowest BCUT2D eigenvalue weighted by Crippen LogP contribution is -2.52. The Morgan fingerprint density at radius 3 is 2.57 bits per heavy atom. The van der Waals surface area contributed by atoms with E-state index in [1.807, 2.05) is 25.1 Å². The second-order valence-corrected chi connectivity index (χ2v) is 8.75. The second kappa shape index (κ2) is 4.84. The molecule has 2 aliphatic rings. The highest BCUT2D eigenvalue weighted by atomic mass is 79.9. The molecule has 3 unspecified atom stereocenters. The number of nitrogens with one attached hydrogen (secondary N) is 1. The van der Waals surface area contributed by atoms with Crippen molar-refractivity contribution in [1.29, 1.82) is 0 Å². The molecule has 1 N–H and O–H groups in total. The summed E-state index contributed by atoms with van der Waals surface area (Å²) in [6.45, 7) is 9.00. The Bertz CT molecular complexity index is 570. The Morgan fingerprint density at radius 2 is 2.00 bits per heavy atom. The van der Waals surface area contributed by atoms with Gasteiger partial charge in [0.05, 0.1) is 0 Å². The first kappa shape index (κ1) is 15.1. The zero-order valence-electron chi connectivity index (χ0n) is 13.3. The lowest BCUT2D eigenvalue weighted by molar-refractivity contribution is 0.0737. The summed E-state index contributed by atoms with van der Waals surface area (Å²) in [4.78, 5) is 12.7. The van der Waals surface area contributed by atoms with Crippen LogP contribution in [0.3, 0.4) is 0 Å². The molecule has 0 radical (unpaired) electrons. The van der Waals surface area contributed by atoms with Crippen molar-refractivity contribution in [3.63, 3.8) is 0 Å². The van der Waals surface area contributed by atoms with Crippen molar-refractivity contribution < 1.29 is 4.79 Å². The van der Waals surface area contributed by atoms with Crippen LogP contribution >= 0.6 is 15.9 Å². The average Bonchev–Trinajstić information content (AvgIpc) is 2.84. The third kappa shape index (κ3) is 2.44. The van der Waals surface area contributed by atoms with E-state index in [-0.39, 0.29) is 22.8 Å². The SMILES string of the molecule is Cc1cc(Br)cc(C(=O)NC2C3(C)CCC(C3)C2(C)C)c1. The zero-order chi connectivity index (χ0) is 15.4. The topological polar surface area (TPSA) is 29.1 Å². The number of rotatable bonds is 2. The number of hydrogen-bond donors (Lipinski definition) is 1. The maximum atomic E-state index is 12.7. The first-order chi connectivity index (χ1) is 9.72. The molecule has 1 aromatic rings. The average molecular weight is 350 g/mol. The molecule has 0 aromatic heterocycles. The number of benzene rings is 1. The third-order valence-corrected chi connectivity index (χ3v) is 6.31. The fourth-order valence-corrected chi connectivity index (χ4v) is 5.35. The van der Waals surface area contributed by atoms with Crippen LogP contribution in [0.5, 0.6) is 0 Å². The molecule has 1 amide bonds. The van der Waals surface area contributed by atoms with Crippen LogP contribution in [0.25, 0.3) is 0 Å². The molecule has 3 heteroatoms. The number of carbonyl (C=O) groups is 1. The predicted molar refractivity (Wildman–Crippen MR) is 89.4 cm³/mol. The summed E-state index contributed by atoms with van der Waals surface area (Å²) in [6, 6.07) is 6.17. The number of aryl methyl sites for hydroxylation is 1. The van der Waals surface area contributed by atoms with Gasteiger partial charge in [-0.1, -0.05) is 36.7 Å². The van der Waals surface area contributed by atoms with E-state index < -0.39 is 0 Å². The summed E-state index contributed by atoms with van der Waals surface area (Å²) < 4.78 is 0.964. The van der Waals surface area contributed by atoms with Crippen LogP contribution in [-0.2, 0) is 0 Å². The van der Waals surface area contributed by atoms with Crippen LogP contribution in [0.4, 0.5) is 0 Å². The molecule has 0 aliphatic heterocycles. The van der Waals surface area contributed by atoms with Crippen molar-refractivity contribution in [3.8, 4) is 0 Å². The smallest absolute Gasteiger partial charge is 0.251 e. The van der Waals surface area contributed by atoms with Gasteiger partial charge in [0.1, 0.15) is 0 Å². The standard InChI is InChI=1S/C18H24BrNO/c1-11-7-12(9-14(19)8-11)15(21)20-16-17(2,3)13-5-6-18(16,4)10-13/h7-9,13,16H,5-6,10H2,1-4H3,(H,20,21). The quantitative estimate of drug-likeness (QED) is 0.823. The van der Waals surface area contributed by atoms with Crippen LogP contribution < -0.4 is 5.32 Å². The number of hydrogen-bond acceptors (Lipinski definition) is 1. The van der Waals surface area contributed by atoms with Gasteiger partial charge in [0.25, 0.3) is 5.91 Å². The van der Waals surface area contributed by atoms with E-state index in [4.69, 9.17) is 0 Å². The first-order valence-corrected chi connectivity index (χ1v) is 8.60. The molecule has 2 saturated carbocycles. The van der Waals surface area contributed by atoms with Gasteiger partial charge in [0.15, 0.2) is 0 Å². The molecule has 1 aromatic carbocycles. The fourth-order valence-electron chi connectivity index (χ4n) is 4.74. The van der Waals surface area contributed by atoms with Crippen LogP contribution in [0.15, 0.2) is 22.7 Å². The molecule has 21 heavy (non-hydrogen) atoms.